The van der Waals surface area contributed by atoms with Gasteiger partial charge in [-0.3, -0.25) is 14.9 Å². The van der Waals surface area contributed by atoms with Crippen LogP contribution < -0.4 is 5.32 Å². The number of allylic oxidation sites excluding steroid dienone is 2. The topological polar surface area (TPSA) is 108 Å². The van der Waals surface area contributed by atoms with E-state index in [2.05, 4.69) is 22.5 Å². The van der Waals surface area contributed by atoms with Crippen LogP contribution in [0.5, 0.6) is 0 Å². The van der Waals surface area contributed by atoms with Crippen molar-refractivity contribution in [2.75, 3.05) is 13.5 Å². The van der Waals surface area contributed by atoms with Gasteiger partial charge in [-0.1, -0.05) is 12.2 Å². The number of likely N-dealkylation sites (N-methyl/N-ethyl adjacent to an activating group) is 1. The summed E-state index contributed by atoms with van der Waals surface area (Å²) >= 11 is 0. The number of nitrogens with one attached hydrogen (secondary N) is 1. The van der Waals surface area contributed by atoms with Crippen LogP contribution in [-0.2, 0) is 14.3 Å². The van der Waals surface area contributed by atoms with E-state index in [1.54, 1.807) is 6.92 Å². The zero-order chi connectivity index (χ0) is 21.9. The number of aliphatic imine (C=N–C) groups is 1. The van der Waals surface area contributed by atoms with Gasteiger partial charge in [-0.05, 0) is 51.9 Å². The number of guanidine groups is 1. The van der Waals surface area contributed by atoms with Crippen LogP contribution >= 0.6 is 0 Å². The van der Waals surface area contributed by atoms with Crippen molar-refractivity contribution < 1.29 is 28.3 Å². The monoisotopic (exact) mass is 370 g/mol. The van der Waals surface area contributed by atoms with Crippen molar-refractivity contribution in [2.45, 2.75) is 64.4 Å². The molecule has 0 spiro atoms. The van der Waals surface area contributed by atoms with E-state index in [0.29, 0.717) is 17.7 Å². The summed E-state index contributed by atoms with van der Waals surface area (Å²) in [7, 11) is 0. The summed E-state index contributed by atoms with van der Waals surface area (Å²) in [5, 5.41) is 11.2. The molecule has 0 aromatic rings. The Bertz CT molecular complexity index is 635. The lowest BCUT2D eigenvalue weighted by atomic mass is 10.1. The molecule has 0 saturated carbocycles. The Kier molecular flexibility index (Phi) is 7.91. The number of ether oxygens (including phenoxy) is 1. The van der Waals surface area contributed by atoms with Crippen molar-refractivity contribution in [1.29, 1.82) is 0 Å². The van der Waals surface area contributed by atoms with Crippen LogP contribution in [0.4, 0.5) is 4.79 Å². The van der Waals surface area contributed by atoms with E-state index >= 15 is 0 Å². The molecule has 8 nitrogen and oxygen atoms in total. The van der Waals surface area contributed by atoms with Gasteiger partial charge in [0.2, 0.25) is 11.9 Å². The predicted octanol–water partition coefficient (Wildman–Crippen LogP) is 2.69. The number of esters is 1. The maximum absolute atomic E-state index is 12.2. The van der Waals surface area contributed by atoms with Crippen LogP contribution in [0, 0.1) is 0 Å². The van der Waals surface area contributed by atoms with Crippen molar-refractivity contribution in [3.8, 4) is 0 Å². The molecule has 2 amide bonds. The molecule has 0 aromatic heterocycles. The molecule has 1 heterocycles. The molecule has 2 N–H and O–H groups in total. The first-order valence-corrected chi connectivity index (χ1v) is 8.83. The molecule has 0 fully saturated rings. The summed E-state index contributed by atoms with van der Waals surface area (Å²) in [5.74, 6) is -2.14. The highest BCUT2D eigenvalue weighted by Gasteiger charge is 2.18. The number of carbonyl (C=O) groups excluding carboxylic acids is 2. The lowest BCUT2D eigenvalue weighted by Gasteiger charge is -2.21. The van der Waals surface area contributed by atoms with Crippen molar-refractivity contribution in [2.24, 2.45) is 4.99 Å². The van der Waals surface area contributed by atoms with Gasteiger partial charge in [0, 0.05) is 17.5 Å². The van der Waals surface area contributed by atoms with Gasteiger partial charge in [-0.2, -0.15) is 0 Å². The first kappa shape index (κ1) is 17.1. The van der Waals surface area contributed by atoms with Gasteiger partial charge >= 0.3 is 12.1 Å². The van der Waals surface area contributed by atoms with Gasteiger partial charge in [0.15, 0.2) is 0 Å². The molecule has 0 bridgehead atoms. The van der Waals surface area contributed by atoms with Gasteiger partial charge in [-0.25, -0.2) is 4.79 Å². The number of hydrogen-bond acceptors (Lipinski definition) is 4. The lowest BCUT2D eigenvalue weighted by molar-refractivity contribution is -0.148. The maximum atomic E-state index is 12.2. The molecular formula is C18H29N3O5. The van der Waals surface area contributed by atoms with Crippen LogP contribution in [0.25, 0.3) is 0 Å². The number of amides is 2. The molecule has 1 atom stereocenters. The second kappa shape index (κ2) is 12.1. The Morgan fingerprint density at radius 3 is 2.65 bits per heavy atom. The van der Waals surface area contributed by atoms with Crippen molar-refractivity contribution >= 4 is 23.9 Å². The molecule has 8 heteroatoms. The van der Waals surface area contributed by atoms with E-state index in [0.717, 1.165) is 32.1 Å². The Hall–Kier alpha value is -2.38. The summed E-state index contributed by atoms with van der Waals surface area (Å²) < 4.78 is 28.1. The molecule has 1 aliphatic rings. The number of nitrogens with zero attached hydrogens (tertiary/aromatic N) is 2. The minimum absolute atomic E-state index is 0.0722. The molecule has 0 radical (unpaired) electrons. The predicted molar refractivity (Wildman–Crippen MR) is 97.9 cm³/mol. The summed E-state index contributed by atoms with van der Waals surface area (Å²) in [5.41, 5.74) is 0. The Balaban J connectivity index is 3.04. The van der Waals surface area contributed by atoms with E-state index in [1.807, 2.05) is 0 Å². The van der Waals surface area contributed by atoms with Gasteiger partial charge in [0.1, 0.15) is 6.54 Å². The standard InChI is InChI=1S/C18H29N3O5/c1-14-11-9-7-5-3-4-6-8-10-12-15(22)19-17(20-18(24)25)21(2)13-16(23)26-14/h3-4,14H,5-13H2,1-2H3,(H,24,25)(H,19,20,22)/b4-3+/i2D3. The average Bonchev–Trinajstić information content (AvgIpc) is 2.58. The van der Waals surface area contributed by atoms with Crippen LogP contribution in [0.2, 0.25) is 0 Å². The zero-order valence-electron chi connectivity index (χ0n) is 18.1. The van der Waals surface area contributed by atoms with Crippen LogP contribution in [0.1, 0.15) is 62.4 Å². The molecule has 26 heavy (non-hydrogen) atoms. The third kappa shape index (κ3) is 9.80. The van der Waals surface area contributed by atoms with Crippen LogP contribution in [0.15, 0.2) is 17.1 Å². The minimum Gasteiger partial charge on any atom is -0.463 e. The normalized spacial score (nSPS) is 27.1. The van der Waals surface area contributed by atoms with E-state index in [1.165, 1.54) is 0 Å². The number of carboxylic acid groups (broad SMARTS) is 1. The average molecular weight is 370 g/mol. The minimum atomic E-state index is -2.91. The summed E-state index contributed by atoms with van der Waals surface area (Å²) in [6.45, 7) is -1.97. The van der Waals surface area contributed by atoms with E-state index in [9.17, 15) is 14.4 Å². The quantitative estimate of drug-likeness (QED) is 0.501. The number of hydrogen-bond donors (Lipinski definition) is 2. The molecule has 0 saturated heterocycles. The smallest absolute Gasteiger partial charge is 0.434 e. The first-order valence-electron chi connectivity index (χ1n) is 10.3. The SMILES string of the molecule is [2H]C([2H])([2H])N1CC(=O)OC(C)CCCC/C=C/CCCCC(=O)NC1=NC(=O)O. The van der Waals surface area contributed by atoms with Gasteiger partial charge < -0.3 is 14.7 Å². The fourth-order valence-electron chi connectivity index (χ4n) is 2.44. The fourth-order valence-corrected chi connectivity index (χ4v) is 2.44. The Morgan fingerprint density at radius 2 is 2.00 bits per heavy atom. The summed E-state index contributed by atoms with van der Waals surface area (Å²) in [6.07, 6.45) is 7.57. The van der Waals surface area contributed by atoms with E-state index in [4.69, 9.17) is 14.0 Å². The van der Waals surface area contributed by atoms with E-state index in [-0.39, 0.29) is 6.42 Å². The van der Waals surface area contributed by atoms with Gasteiger partial charge in [0.05, 0.1) is 6.10 Å². The fraction of sp³-hybridized carbons (Fsp3) is 0.667. The van der Waals surface area contributed by atoms with Crippen molar-refractivity contribution in [3.05, 3.63) is 12.2 Å². The molecule has 1 unspecified atom stereocenters. The third-order valence-corrected chi connectivity index (χ3v) is 3.75. The van der Waals surface area contributed by atoms with E-state index < -0.39 is 43.6 Å². The molecular weight excluding hydrogens is 338 g/mol. The number of cyclic esters (lactones) is 1. The molecule has 1 aliphatic heterocycles. The van der Waals surface area contributed by atoms with Gasteiger partial charge in [-0.15, -0.1) is 4.99 Å². The second-order valence-electron chi connectivity index (χ2n) is 6.15. The van der Waals surface area contributed by atoms with Crippen molar-refractivity contribution in [1.82, 2.24) is 10.2 Å². The van der Waals surface area contributed by atoms with Crippen LogP contribution in [0.3, 0.4) is 0 Å². The molecule has 0 aromatic carbocycles. The highest BCUT2D eigenvalue weighted by atomic mass is 16.5. The van der Waals surface area contributed by atoms with Crippen molar-refractivity contribution in [3.63, 3.8) is 0 Å². The lowest BCUT2D eigenvalue weighted by Crippen LogP contribution is -2.45. The number of rotatable bonds is 0. The van der Waals surface area contributed by atoms with Crippen LogP contribution in [-0.4, -0.2) is 53.6 Å². The highest BCUT2D eigenvalue weighted by molar-refractivity contribution is 6.01. The first-order chi connectivity index (χ1) is 13.6. The Labute approximate surface area is 158 Å². The molecule has 0 aliphatic carbocycles. The highest BCUT2D eigenvalue weighted by Crippen LogP contribution is 2.09. The maximum Gasteiger partial charge on any atom is 0.434 e. The zero-order valence-corrected chi connectivity index (χ0v) is 15.1. The molecule has 1 rings (SSSR count). The largest absolute Gasteiger partial charge is 0.463 e. The molecule has 146 valence electrons. The van der Waals surface area contributed by atoms with Gasteiger partial charge in [0.25, 0.3) is 0 Å². The number of carbonyl (C=O) groups is 3. The third-order valence-electron chi connectivity index (χ3n) is 3.75. The summed E-state index contributed by atoms with van der Waals surface area (Å²) in [6, 6.07) is 0. The summed E-state index contributed by atoms with van der Waals surface area (Å²) in [4.78, 5) is 39.0. The second-order valence-corrected chi connectivity index (χ2v) is 6.15. The Morgan fingerprint density at radius 1 is 1.31 bits per heavy atom.